The first-order valence-electron chi connectivity index (χ1n) is 11.7. The molecule has 2 atom stereocenters. The first-order valence-corrected chi connectivity index (χ1v) is 11.7. The molecule has 186 valence electrons. The second-order valence-electron chi connectivity index (χ2n) is 9.29. The van der Waals surface area contributed by atoms with Crippen molar-refractivity contribution in [2.24, 2.45) is 11.7 Å². The highest BCUT2D eigenvalue weighted by Gasteiger charge is 2.30. The number of benzene rings is 1. The van der Waals surface area contributed by atoms with Crippen LogP contribution >= 0.6 is 0 Å². The monoisotopic (exact) mass is 489 g/mol. The number of hydrogen-bond acceptors (Lipinski definition) is 7. The Kier molecular flexibility index (Phi) is 6.22. The number of carbonyl (C=O) groups is 1. The van der Waals surface area contributed by atoms with E-state index in [4.69, 9.17) is 5.73 Å². The number of imidazole rings is 1. The second-order valence-corrected chi connectivity index (χ2v) is 9.29. The van der Waals surface area contributed by atoms with E-state index in [0.717, 1.165) is 6.42 Å². The number of aliphatic hydroxyl groups is 1. The van der Waals surface area contributed by atoms with Crippen molar-refractivity contribution in [1.82, 2.24) is 19.5 Å². The highest BCUT2D eigenvalue weighted by Crippen LogP contribution is 2.37. The van der Waals surface area contributed by atoms with Gasteiger partial charge in [0, 0.05) is 30.1 Å². The van der Waals surface area contributed by atoms with Crippen LogP contribution in [0.2, 0.25) is 0 Å². The van der Waals surface area contributed by atoms with Crippen molar-refractivity contribution in [3.63, 3.8) is 0 Å². The topological polar surface area (TPSA) is 131 Å². The molecule has 5 rings (SSSR count). The first kappa shape index (κ1) is 23.3. The minimum absolute atomic E-state index is 0.0322. The molecule has 2 aliphatic rings. The summed E-state index contributed by atoms with van der Waals surface area (Å²) in [4.78, 5) is 25.0. The molecule has 0 spiro atoms. The summed E-state index contributed by atoms with van der Waals surface area (Å²) in [7, 11) is 0. The van der Waals surface area contributed by atoms with Crippen LogP contribution in [-0.4, -0.2) is 42.7 Å². The Morgan fingerprint density at radius 2 is 1.77 bits per heavy atom. The third-order valence-corrected chi connectivity index (χ3v) is 6.88. The van der Waals surface area contributed by atoms with Crippen LogP contribution in [0.3, 0.4) is 0 Å². The summed E-state index contributed by atoms with van der Waals surface area (Å²) in [5.41, 5.74) is 5.81. The van der Waals surface area contributed by atoms with E-state index >= 15 is 0 Å². The molecule has 0 aliphatic heterocycles. The van der Waals surface area contributed by atoms with Gasteiger partial charge >= 0.3 is 0 Å². The molecule has 2 aliphatic carbocycles. The number of halogens is 3. The molecule has 2 aromatic heterocycles. The number of nitrogens with zero attached hydrogens (tertiary/aromatic N) is 4. The lowest BCUT2D eigenvalue weighted by Crippen LogP contribution is -2.29. The van der Waals surface area contributed by atoms with Gasteiger partial charge in [-0.15, -0.1) is 0 Å². The molecule has 2 fully saturated rings. The summed E-state index contributed by atoms with van der Waals surface area (Å²) in [6.45, 7) is 0. The number of carbonyl (C=O) groups excluding carboxylic acids is 1. The van der Waals surface area contributed by atoms with E-state index < -0.39 is 23.1 Å². The van der Waals surface area contributed by atoms with E-state index in [1.807, 2.05) is 0 Å². The number of hydrogen-bond donors (Lipinski definition) is 4. The van der Waals surface area contributed by atoms with E-state index in [9.17, 15) is 23.1 Å². The zero-order valence-corrected chi connectivity index (χ0v) is 18.8. The van der Waals surface area contributed by atoms with Crippen molar-refractivity contribution in [3.8, 4) is 0 Å². The quantitative estimate of drug-likeness (QED) is 0.417. The molecule has 1 amide bonds. The molecular weight excluding hydrogens is 463 g/mol. The molecule has 12 heteroatoms. The average molecular weight is 490 g/mol. The fourth-order valence-electron chi connectivity index (χ4n) is 5.06. The fourth-order valence-corrected chi connectivity index (χ4v) is 5.06. The Labute approximate surface area is 199 Å². The predicted octanol–water partition coefficient (Wildman–Crippen LogP) is 3.53. The number of nitrogens with one attached hydrogen (secondary N) is 2. The fraction of sp³-hybridized carbons (Fsp3) is 0.478. The van der Waals surface area contributed by atoms with Crippen molar-refractivity contribution in [2.75, 3.05) is 10.6 Å². The van der Waals surface area contributed by atoms with Gasteiger partial charge in [0.1, 0.15) is 17.0 Å². The van der Waals surface area contributed by atoms with Crippen LogP contribution in [0.4, 0.5) is 30.8 Å². The molecule has 2 heterocycles. The molecule has 0 bridgehead atoms. The summed E-state index contributed by atoms with van der Waals surface area (Å²) in [6.07, 6.45) is 5.53. The number of rotatable bonds is 6. The smallest absolute Gasteiger partial charge is 0.224 e. The van der Waals surface area contributed by atoms with Gasteiger partial charge in [-0.3, -0.25) is 9.36 Å². The Bertz CT molecular complexity index is 1240. The van der Waals surface area contributed by atoms with Crippen LogP contribution in [0.25, 0.3) is 11.2 Å². The number of amides is 1. The van der Waals surface area contributed by atoms with Gasteiger partial charge in [-0.1, -0.05) is 0 Å². The number of anilines is 3. The third-order valence-electron chi connectivity index (χ3n) is 6.88. The predicted molar refractivity (Wildman–Crippen MR) is 122 cm³/mol. The summed E-state index contributed by atoms with van der Waals surface area (Å²) >= 11 is 0. The van der Waals surface area contributed by atoms with Gasteiger partial charge in [0.05, 0.1) is 12.3 Å². The van der Waals surface area contributed by atoms with E-state index in [2.05, 4.69) is 25.6 Å². The number of nitrogens with two attached hydrogens (primary N) is 1. The zero-order chi connectivity index (χ0) is 24.7. The molecule has 35 heavy (non-hydrogen) atoms. The van der Waals surface area contributed by atoms with Crippen LogP contribution in [0.1, 0.15) is 51.0 Å². The number of fused-ring (bicyclic) bond motifs is 1. The average Bonchev–Trinajstić information content (AvgIpc) is 3.38. The molecule has 0 saturated heterocycles. The standard InChI is InChI=1S/C23H26F3N7O2/c24-12-7-16(25)19(17(26)8-12)31-23-30-18-10-28-22(29-13-3-6-15(34)9-13)32-21(18)33(23)14-4-1-11(2-5-14)20(27)35/h7-8,10-11,13-15,34H,1-6,9H2,(H2,27,35)(H,30,31)(H,28,29,32)/t11-,13-,14-,15-/m1/s1. The van der Waals surface area contributed by atoms with E-state index in [1.54, 1.807) is 4.57 Å². The highest BCUT2D eigenvalue weighted by molar-refractivity contribution is 5.78. The molecule has 0 radical (unpaired) electrons. The Hall–Kier alpha value is -3.41. The van der Waals surface area contributed by atoms with Gasteiger partial charge in [-0.25, -0.2) is 23.1 Å². The maximum absolute atomic E-state index is 14.4. The summed E-state index contributed by atoms with van der Waals surface area (Å²) in [5.74, 6) is -3.30. The molecule has 1 aromatic carbocycles. The maximum Gasteiger partial charge on any atom is 0.224 e. The van der Waals surface area contributed by atoms with Crippen LogP contribution in [0.5, 0.6) is 0 Å². The Morgan fingerprint density at radius 3 is 2.40 bits per heavy atom. The first-order chi connectivity index (χ1) is 16.8. The van der Waals surface area contributed by atoms with Gasteiger partial charge in [0.25, 0.3) is 0 Å². The number of primary amides is 1. The molecular formula is C23H26F3N7O2. The molecule has 5 N–H and O–H groups in total. The number of aromatic nitrogens is 4. The lowest BCUT2D eigenvalue weighted by Gasteiger charge is -2.29. The zero-order valence-electron chi connectivity index (χ0n) is 18.8. The minimum Gasteiger partial charge on any atom is -0.393 e. The highest BCUT2D eigenvalue weighted by atomic mass is 19.1. The van der Waals surface area contributed by atoms with Crippen molar-refractivity contribution in [3.05, 3.63) is 35.8 Å². The largest absolute Gasteiger partial charge is 0.393 e. The SMILES string of the molecule is NC(=O)[C@H]1CC[C@H](n2c(Nc3c(F)cc(F)cc3F)nc3cnc(N[C@@H]4CC[C@@H](O)C4)nc32)CC1. The third kappa shape index (κ3) is 4.75. The van der Waals surface area contributed by atoms with Gasteiger partial charge in [0.2, 0.25) is 17.8 Å². The maximum atomic E-state index is 14.4. The molecule has 0 unspecified atom stereocenters. The van der Waals surface area contributed by atoms with Gasteiger partial charge < -0.3 is 21.5 Å². The minimum atomic E-state index is -1.09. The summed E-state index contributed by atoms with van der Waals surface area (Å²) in [6, 6.07) is 1.05. The van der Waals surface area contributed by atoms with Gasteiger partial charge in [-0.05, 0) is 44.9 Å². The van der Waals surface area contributed by atoms with Crippen LogP contribution in [-0.2, 0) is 4.79 Å². The Balaban J connectivity index is 1.52. The van der Waals surface area contributed by atoms with E-state index in [1.165, 1.54) is 6.20 Å². The second kappa shape index (κ2) is 9.33. The summed E-state index contributed by atoms with van der Waals surface area (Å²) < 4.78 is 44.0. The van der Waals surface area contributed by atoms with E-state index in [0.29, 0.717) is 67.8 Å². The number of aliphatic hydroxyl groups excluding tert-OH is 1. The van der Waals surface area contributed by atoms with Crippen molar-refractivity contribution in [1.29, 1.82) is 0 Å². The van der Waals surface area contributed by atoms with Crippen LogP contribution < -0.4 is 16.4 Å². The van der Waals surface area contributed by atoms with Gasteiger partial charge in [-0.2, -0.15) is 4.98 Å². The summed E-state index contributed by atoms with van der Waals surface area (Å²) in [5, 5.41) is 15.7. The van der Waals surface area contributed by atoms with Crippen molar-refractivity contribution >= 4 is 34.7 Å². The molecule has 2 saturated carbocycles. The normalized spacial score (nSPS) is 24.6. The molecule has 3 aromatic rings. The van der Waals surface area contributed by atoms with Crippen molar-refractivity contribution < 1.29 is 23.1 Å². The molecule has 9 nitrogen and oxygen atoms in total. The van der Waals surface area contributed by atoms with Crippen LogP contribution in [0.15, 0.2) is 18.3 Å². The van der Waals surface area contributed by atoms with E-state index in [-0.39, 0.29) is 36.0 Å². The Morgan fingerprint density at radius 1 is 1.06 bits per heavy atom. The van der Waals surface area contributed by atoms with Crippen LogP contribution in [0, 0.1) is 23.4 Å². The lowest BCUT2D eigenvalue weighted by atomic mass is 9.85. The van der Waals surface area contributed by atoms with Crippen molar-refractivity contribution in [2.45, 2.75) is 63.1 Å². The van der Waals surface area contributed by atoms with Gasteiger partial charge in [0.15, 0.2) is 17.3 Å². The lowest BCUT2D eigenvalue weighted by molar-refractivity contribution is -0.122.